The lowest BCUT2D eigenvalue weighted by atomic mass is 9.44. The lowest BCUT2D eigenvalue weighted by Gasteiger charge is -2.63. The van der Waals surface area contributed by atoms with Crippen molar-refractivity contribution in [1.29, 1.82) is 0 Å². The number of carbonyl (C=O) groups is 5. The van der Waals surface area contributed by atoms with Crippen LogP contribution in [0.25, 0.3) is 0 Å². The van der Waals surface area contributed by atoms with Crippen LogP contribution in [0.5, 0.6) is 0 Å². The molecule has 0 spiro atoms. The standard InChI is InChI=1S/C35H44O14/c1-8-16(2)25(39)30(41)48-28-26(46-15-36)23(17(3)35(43)21(38)11-20(33(28,35)7)19-9-10-44-13-19)32(6)22(47-18(4)37)12-34(42)24-27(32)31(5,49-34)14-45-29(24)40/h9-10,13,15-16,20,22-28,39,42-43H,3,8,11-12,14H2,1-2,4-7H3/t16-,20-,22-,23-,24+,25-,26+,27-,28-,31+,32+,33+,34+,35+/m0/s1. The molecule has 5 aliphatic rings. The lowest BCUT2D eigenvalue weighted by molar-refractivity contribution is -0.260. The molecule has 3 saturated carbocycles. The van der Waals surface area contributed by atoms with Crippen LogP contribution in [0.1, 0.15) is 72.3 Å². The zero-order chi connectivity index (χ0) is 36.1. The summed E-state index contributed by atoms with van der Waals surface area (Å²) in [5.41, 5.74) is -6.82. The van der Waals surface area contributed by atoms with Crippen LogP contribution in [0, 0.1) is 34.5 Å². The maximum Gasteiger partial charge on any atom is 0.335 e. The van der Waals surface area contributed by atoms with Crippen molar-refractivity contribution in [3.63, 3.8) is 0 Å². The van der Waals surface area contributed by atoms with E-state index in [0.29, 0.717) is 12.0 Å². The molecule has 3 heterocycles. The van der Waals surface area contributed by atoms with Crippen molar-refractivity contribution in [1.82, 2.24) is 0 Å². The third-order valence-electron chi connectivity index (χ3n) is 12.6. The lowest BCUT2D eigenvalue weighted by Crippen LogP contribution is -2.73. The van der Waals surface area contributed by atoms with Gasteiger partial charge in [-0.3, -0.25) is 19.2 Å². The molecule has 49 heavy (non-hydrogen) atoms. The van der Waals surface area contributed by atoms with E-state index in [1.807, 2.05) is 0 Å². The average molecular weight is 689 g/mol. The van der Waals surface area contributed by atoms with Crippen molar-refractivity contribution in [3.05, 3.63) is 36.3 Å². The molecule has 14 heteroatoms. The van der Waals surface area contributed by atoms with E-state index in [1.165, 1.54) is 19.5 Å². The first-order valence-electron chi connectivity index (χ1n) is 16.6. The van der Waals surface area contributed by atoms with Crippen LogP contribution in [0.3, 0.4) is 0 Å². The van der Waals surface area contributed by atoms with Gasteiger partial charge in [0.05, 0.1) is 17.9 Å². The zero-order valence-electron chi connectivity index (χ0n) is 28.4. The summed E-state index contributed by atoms with van der Waals surface area (Å²) >= 11 is 0. The van der Waals surface area contributed by atoms with Crippen LogP contribution in [-0.2, 0) is 47.7 Å². The molecule has 5 fully saturated rings. The van der Waals surface area contributed by atoms with Crippen molar-refractivity contribution in [3.8, 4) is 0 Å². The van der Waals surface area contributed by atoms with Crippen molar-refractivity contribution in [2.24, 2.45) is 34.5 Å². The molecule has 14 atom stereocenters. The number of fused-ring (bicyclic) bond motifs is 1. The van der Waals surface area contributed by atoms with E-state index in [-0.39, 0.29) is 25.1 Å². The maximum absolute atomic E-state index is 14.3. The summed E-state index contributed by atoms with van der Waals surface area (Å²) in [5, 5.41) is 35.6. The molecule has 268 valence electrons. The number of aliphatic hydroxyl groups excluding tert-OH is 1. The van der Waals surface area contributed by atoms with Crippen molar-refractivity contribution in [2.45, 2.75) is 108 Å². The number of carbonyl (C=O) groups excluding carboxylic acids is 5. The number of esters is 3. The van der Waals surface area contributed by atoms with Crippen LogP contribution in [0.15, 0.2) is 35.2 Å². The first-order valence-corrected chi connectivity index (χ1v) is 16.6. The molecule has 14 nitrogen and oxygen atoms in total. The third kappa shape index (κ3) is 4.56. The Bertz CT molecular complexity index is 1570. The third-order valence-corrected chi connectivity index (χ3v) is 12.6. The van der Waals surface area contributed by atoms with E-state index < -0.39 is 112 Å². The predicted octanol–water partition coefficient (Wildman–Crippen LogP) is 1.73. The monoisotopic (exact) mass is 688 g/mol. The van der Waals surface area contributed by atoms with Crippen LogP contribution in [0.2, 0.25) is 0 Å². The van der Waals surface area contributed by atoms with Gasteiger partial charge in [0.1, 0.15) is 36.4 Å². The number of hydrogen-bond donors (Lipinski definition) is 3. The van der Waals surface area contributed by atoms with Crippen LogP contribution < -0.4 is 0 Å². The quantitative estimate of drug-likeness (QED) is 0.146. The van der Waals surface area contributed by atoms with Gasteiger partial charge in [-0.15, -0.1) is 0 Å². The highest BCUT2D eigenvalue weighted by Crippen LogP contribution is 2.72. The Morgan fingerprint density at radius 2 is 1.86 bits per heavy atom. The number of hydrogen-bond acceptors (Lipinski definition) is 14. The number of Topliss-reactive ketones (excluding diaryl/α,β-unsaturated/α-hetero) is 1. The number of ketones is 1. The van der Waals surface area contributed by atoms with Gasteiger partial charge < -0.3 is 43.4 Å². The van der Waals surface area contributed by atoms with Gasteiger partial charge in [0, 0.05) is 42.9 Å². The number of aliphatic hydroxyl groups is 3. The molecule has 1 aromatic rings. The predicted molar refractivity (Wildman–Crippen MR) is 164 cm³/mol. The largest absolute Gasteiger partial charge is 0.472 e. The number of furan rings is 1. The van der Waals surface area contributed by atoms with Gasteiger partial charge in [0.2, 0.25) is 0 Å². The molecule has 0 amide bonds. The number of ether oxygens (including phenoxy) is 5. The second kappa shape index (κ2) is 11.5. The van der Waals surface area contributed by atoms with E-state index in [1.54, 1.807) is 33.8 Å². The molecule has 1 aromatic heterocycles. The van der Waals surface area contributed by atoms with Crippen LogP contribution >= 0.6 is 0 Å². The van der Waals surface area contributed by atoms with Gasteiger partial charge in [-0.1, -0.05) is 40.7 Å². The molecule has 6 rings (SSSR count). The van der Waals surface area contributed by atoms with Crippen LogP contribution in [0.4, 0.5) is 0 Å². The SMILES string of the molecule is C=C1[C@H]([C@@]2(C)[C@@H](OC(C)=O)C[C@@]3(O)O[C@]4(C)COC(=O)[C@H]3[C@H]24)[C@@H](OC=O)[C@H](OC(=O)[C@@H](O)[C@@H](C)CC)[C@@]2(C)[C@H](c3ccoc3)CC(=O)[C@]12O. The van der Waals surface area contributed by atoms with E-state index >= 15 is 0 Å². The second-order valence-corrected chi connectivity index (χ2v) is 15.1. The number of cyclic esters (lactones) is 1. The molecule has 4 bridgehead atoms. The summed E-state index contributed by atoms with van der Waals surface area (Å²) in [4.78, 5) is 66.5. The molecule has 0 radical (unpaired) electrons. The van der Waals surface area contributed by atoms with Gasteiger partial charge >= 0.3 is 17.9 Å². The molecule has 2 aliphatic heterocycles. The zero-order valence-corrected chi connectivity index (χ0v) is 28.4. The Kier molecular flexibility index (Phi) is 8.25. The molecular weight excluding hydrogens is 644 g/mol. The highest BCUT2D eigenvalue weighted by Gasteiger charge is 2.82. The first kappa shape index (κ1) is 35.2. The van der Waals surface area contributed by atoms with E-state index in [2.05, 4.69) is 6.58 Å². The second-order valence-electron chi connectivity index (χ2n) is 15.1. The van der Waals surface area contributed by atoms with E-state index in [4.69, 9.17) is 28.1 Å². The van der Waals surface area contributed by atoms with Crippen molar-refractivity contribution >= 4 is 30.2 Å². The molecule has 3 aliphatic carbocycles. The van der Waals surface area contributed by atoms with Gasteiger partial charge in [0.15, 0.2) is 23.3 Å². The average Bonchev–Trinajstić information content (AvgIpc) is 3.67. The fourth-order valence-corrected chi connectivity index (χ4v) is 10.2. The number of rotatable bonds is 9. The highest BCUT2D eigenvalue weighted by molar-refractivity contribution is 5.96. The Morgan fingerprint density at radius 1 is 1.16 bits per heavy atom. The minimum absolute atomic E-state index is 0.125. The summed E-state index contributed by atoms with van der Waals surface area (Å²) in [5.74, 6) is -10.5. The smallest absolute Gasteiger partial charge is 0.335 e. The van der Waals surface area contributed by atoms with Gasteiger partial charge in [-0.05, 0) is 30.0 Å². The van der Waals surface area contributed by atoms with E-state index in [9.17, 15) is 39.3 Å². The fraction of sp³-hybridized carbons (Fsp3) is 0.686. The Hall–Kier alpha value is -3.59. The van der Waals surface area contributed by atoms with Gasteiger partial charge in [-0.25, -0.2) is 4.79 Å². The molecule has 0 aromatic carbocycles. The minimum Gasteiger partial charge on any atom is -0.472 e. The summed E-state index contributed by atoms with van der Waals surface area (Å²) in [6, 6.07) is 1.61. The molecule has 3 N–H and O–H groups in total. The highest BCUT2D eigenvalue weighted by atomic mass is 16.7. The van der Waals surface area contributed by atoms with Crippen molar-refractivity contribution < 1.29 is 67.4 Å². The topological polar surface area (TPSA) is 205 Å². The Morgan fingerprint density at radius 3 is 2.45 bits per heavy atom. The fourth-order valence-electron chi connectivity index (χ4n) is 10.2. The maximum atomic E-state index is 14.3. The summed E-state index contributed by atoms with van der Waals surface area (Å²) in [6.07, 6.45) is -3.50. The minimum atomic E-state index is -2.46. The summed E-state index contributed by atoms with van der Waals surface area (Å²) < 4.78 is 34.8. The Balaban J connectivity index is 1.61. The Labute approximate surface area is 283 Å². The molecular formula is C35H44O14. The first-order chi connectivity index (χ1) is 22.9. The van der Waals surface area contributed by atoms with Crippen molar-refractivity contribution in [2.75, 3.05) is 6.61 Å². The van der Waals surface area contributed by atoms with Crippen LogP contribution in [-0.4, -0.2) is 93.5 Å². The van der Waals surface area contributed by atoms with Gasteiger partial charge in [-0.2, -0.15) is 0 Å². The summed E-state index contributed by atoms with van der Waals surface area (Å²) in [6.45, 7) is 13.5. The summed E-state index contributed by atoms with van der Waals surface area (Å²) in [7, 11) is 0. The van der Waals surface area contributed by atoms with Gasteiger partial charge in [0.25, 0.3) is 6.47 Å². The normalized spacial score (nSPS) is 45.2. The van der Waals surface area contributed by atoms with E-state index in [0.717, 1.165) is 6.92 Å². The molecule has 0 unspecified atom stereocenters. The molecule has 2 saturated heterocycles.